The summed E-state index contributed by atoms with van der Waals surface area (Å²) in [7, 11) is 0. The van der Waals surface area contributed by atoms with Gasteiger partial charge in [-0.2, -0.15) is 0 Å². The van der Waals surface area contributed by atoms with Crippen LogP contribution in [0, 0.1) is 12.7 Å². The molecule has 0 saturated carbocycles. The zero-order valence-corrected chi connectivity index (χ0v) is 8.97. The maximum Gasteiger partial charge on any atom is 0.328 e. The summed E-state index contributed by atoms with van der Waals surface area (Å²) in [5.41, 5.74) is 0.0204. The molecule has 3 nitrogen and oxygen atoms in total. The van der Waals surface area contributed by atoms with Crippen LogP contribution in [0.5, 0.6) is 0 Å². The lowest BCUT2D eigenvalue weighted by Crippen LogP contribution is -2.39. The van der Waals surface area contributed by atoms with Gasteiger partial charge in [0.15, 0.2) is 0 Å². The largest absolute Gasteiger partial charge is 0.480 e. The van der Waals surface area contributed by atoms with E-state index in [-0.39, 0.29) is 5.82 Å². The number of benzene rings is 1. The number of carbonyl (C=O) groups is 1. The van der Waals surface area contributed by atoms with Crippen LogP contribution in [-0.4, -0.2) is 16.6 Å². The topological polar surface area (TPSA) is 49.3 Å². The van der Waals surface area contributed by atoms with E-state index in [1.807, 2.05) is 0 Å². The third kappa shape index (κ3) is 2.68. The number of carboxylic acid groups (broad SMARTS) is 1. The second-order valence-corrected chi connectivity index (χ2v) is 4.02. The monoisotopic (exact) mass is 211 g/mol. The molecular weight excluding hydrogens is 197 g/mol. The molecule has 0 aromatic heterocycles. The highest BCUT2D eigenvalue weighted by atomic mass is 19.1. The van der Waals surface area contributed by atoms with Gasteiger partial charge in [-0.05, 0) is 44.5 Å². The smallest absolute Gasteiger partial charge is 0.328 e. The molecule has 0 atom stereocenters. The van der Waals surface area contributed by atoms with Gasteiger partial charge in [-0.15, -0.1) is 0 Å². The van der Waals surface area contributed by atoms with Crippen LogP contribution in [0.15, 0.2) is 18.2 Å². The Bertz CT molecular complexity index is 388. The number of anilines is 1. The van der Waals surface area contributed by atoms with Crippen molar-refractivity contribution in [1.82, 2.24) is 0 Å². The molecule has 4 heteroatoms. The Labute approximate surface area is 87.9 Å². The van der Waals surface area contributed by atoms with Crippen molar-refractivity contribution in [3.63, 3.8) is 0 Å². The summed E-state index contributed by atoms with van der Waals surface area (Å²) in [6, 6.07) is 4.42. The minimum atomic E-state index is -1.07. The van der Waals surface area contributed by atoms with E-state index in [0.29, 0.717) is 11.3 Å². The highest BCUT2D eigenvalue weighted by Crippen LogP contribution is 2.18. The van der Waals surface area contributed by atoms with Crippen LogP contribution in [0.4, 0.5) is 10.1 Å². The fourth-order valence-corrected chi connectivity index (χ4v) is 1.14. The summed E-state index contributed by atoms with van der Waals surface area (Å²) in [6.45, 7) is 4.73. The van der Waals surface area contributed by atoms with Crippen LogP contribution in [0.3, 0.4) is 0 Å². The predicted molar refractivity (Wildman–Crippen MR) is 56.5 cm³/mol. The second-order valence-electron chi connectivity index (χ2n) is 4.02. The normalized spacial score (nSPS) is 11.2. The Morgan fingerprint density at radius 2 is 2.07 bits per heavy atom. The first-order chi connectivity index (χ1) is 6.83. The fourth-order valence-electron chi connectivity index (χ4n) is 1.14. The van der Waals surface area contributed by atoms with Crippen LogP contribution in [0.2, 0.25) is 0 Å². The van der Waals surface area contributed by atoms with Crippen molar-refractivity contribution in [1.29, 1.82) is 0 Å². The molecule has 0 spiro atoms. The Kier molecular flexibility index (Phi) is 2.98. The van der Waals surface area contributed by atoms with E-state index < -0.39 is 11.5 Å². The molecule has 0 fully saturated rings. The first-order valence-corrected chi connectivity index (χ1v) is 4.60. The summed E-state index contributed by atoms with van der Waals surface area (Å²) >= 11 is 0. The molecule has 15 heavy (non-hydrogen) atoms. The molecule has 0 amide bonds. The third-order valence-corrected chi connectivity index (χ3v) is 2.15. The zero-order valence-electron chi connectivity index (χ0n) is 8.97. The lowest BCUT2D eigenvalue weighted by atomic mass is 10.1. The Morgan fingerprint density at radius 3 is 2.53 bits per heavy atom. The maximum absolute atomic E-state index is 12.9. The van der Waals surface area contributed by atoms with Gasteiger partial charge in [0.1, 0.15) is 11.4 Å². The predicted octanol–water partition coefficient (Wildman–Crippen LogP) is 2.41. The number of aryl methyl sites for hydroxylation is 1. The van der Waals surface area contributed by atoms with E-state index in [2.05, 4.69) is 5.32 Å². The fraction of sp³-hybridized carbons (Fsp3) is 0.364. The average molecular weight is 211 g/mol. The molecule has 0 unspecified atom stereocenters. The number of nitrogens with one attached hydrogen (secondary N) is 1. The van der Waals surface area contributed by atoms with Gasteiger partial charge in [0.05, 0.1) is 0 Å². The van der Waals surface area contributed by atoms with E-state index in [1.165, 1.54) is 12.1 Å². The first kappa shape index (κ1) is 11.5. The summed E-state index contributed by atoms with van der Waals surface area (Å²) in [6.07, 6.45) is 0. The minimum Gasteiger partial charge on any atom is -0.480 e. The van der Waals surface area contributed by atoms with Gasteiger partial charge in [-0.25, -0.2) is 9.18 Å². The number of aliphatic carboxylic acids is 1. The lowest BCUT2D eigenvalue weighted by molar-refractivity contribution is -0.141. The Balaban J connectivity index is 2.91. The maximum atomic E-state index is 12.9. The Hall–Kier alpha value is -1.58. The van der Waals surface area contributed by atoms with Crippen LogP contribution < -0.4 is 5.32 Å². The molecular formula is C11H14FNO2. The molecule has 1 rings (SSSR count). The van der Waals surface area contributed by atoms with Crippen molar-refractivity contribution < 1.29 is 14.3 Å². The quantitative estimate of drug-likeness (QED) is 0.807. The molecule has 0 aliphatic carbocycles. The van der Waals surface area contributed by atoms with Crippen molar-refractivity contribution in [2.24, 2.45) is 0 Å². The highest BCUT2D eigenvalue weighted by molar-refractivity contribution is 5.81. The number of hydrogen-bond acceptors (Lipinski definition) is 2. The molecule has 1 aromatic rings. The number of carboxylic acids is 1. The summed E-state index contributed by atoms with van der Waals surface area (Å²) in [4.78, 5) is 10.8. The van der Waals surface area contributed by atoms with Gasteiger partial charge >= 0.3 is 5.97 Å². The van der Waals surface area contributed by atoms with E-state index in [4.69, 9.17) is 5.11 Å². The van der Waals surface area contributed by atoms with Gasteiger partial charge < -0.3 is 10.4 Å². The summed E-state index contributed by atoms with van der Waals surface area (Å²) in [5.74, 6) is -1.25. The number of rotatable bonds is 3. The Morgan fingerprint density at radius 1 is 1.47 bits per heavy atom. The third-order valence-electron chi connectivity index (χ3n) is 2.15. The van der Waals surface area contributed by atoms with Gasteiger partial charge in [0.25, 0.3) is 0 Å². The van der Waals surface area contributed by atoms with E-state index in [1.54, 1.807) is 26.8 Å². The van der Waals surface area contributed by atoms with Crippen LogP contribution in [0.25, 0.3) is 0 Å². The van der Waals surface area contributed by atoms with Crippen LogP contribution in [0.1, 0.15) is 19.4 Å². The van der Waals surface area contributed by atoms with Crippen molar-refractivity contribution >= 4 is 11.7 Å². The van der Waals surface area contributed by atoms with Crippen molar-refractivity contribution in [3.8, 4) is 0 Å². The molecule has 0 aliphatic heterocycles. The molecule has 0 heterocycles. The van der Waals surface area contributed by atoms with Gasteiger partial charge in [0.2, 0.25) is 0 Å². The number of halogens is 1. The first-order valence-electron chi connectivity index (χ1n) is 4.60. The summed E-state index contributed by atoms with van der Waals surface area (Å²) < 4.78 is 12.9. The standard InChI is InChI=1S/C11H14FNO2/c1-7-6-8(4-5-9(7)12)13-11(2,3)10(14)15/h4-6,13H,1-3H3,(H,14,15). The molecule has 0 bridgehead atoms. The molecule has 0 aliphatic rings. The SMILES string of the molecule is Cc1cc(NC(C)(C)C(=O)O)ccc1F. The van der Waals surface area contributed by atoms with E-state index in [9.17, 15) is 9.18 Å². The average Bonchev–Trinajstić information content (AvgIpc) is 2.10. The van der Waals surface area contributed by atoms with Crippen molar-refractivity contribution in [2.75, 3.05) is 5.32 Å². The number of hydrogen-bond donors (Lipinski definition) is 2. The van der Waals surface area contributed by atoms with Gasteiger partial charge in [-0.1, -0.05) is 0 Å². The van der Waals surface area contributed by atoms with E-state index in [0.717, 1.165) is 0 Å². The van der Waals surface area contributed by atoms with Crippen LogP contribution in [-0.2, 0) is 4.79 Å². The zero-order chi connectivity index (χ0) is 11.6. The van der Waals surface area contributed by atoms with Gasteiger partial charge in [0, 0.05) is 5.69 Å². The molecule has 1 aromatic carbocycles. The lowest BCUT2D eigenvalue weighted by Gasteiger charge is -2.22. The van der Waals surface area contributed by atoms with E-state index >= 15 is 0 Å². The molecule has 82 valence electrons. The van der Waals surface area contributed by atoms with Gasteiger partial charge in [-0.3, -0.25) is 0 Å². The minimum absolute atomic E-state index is 0.298. The molecule has 0 radical (unpaired) electrons. The molecule has 2 N–H and O–H groups in total. The molecule has 0 saturated heterocycles. The van der Waals surface area contributed by atoms with Crippen molar-refractivity contribution in [3.05, 3.63) is 29.6 Å². The van der Waals surface area contributed by atoms with Crippen LogP contribution >= 0.6 is 0 Å². The highest BCUT2D eigenvalue weighted by Gasteiger charge is 2.26. The van der Waals surface area contributed by atoms with Crippen molar-refractivity contribution in [2.45, 2.75) is 26.3 Å². The second kappa shape index (κ2) is 3.88. The summed E-state index contributed by atoms with van der Waals surface area (Å²) in [5, 5.41) is 11.7.